The zero-order valence-electron chi connectivity index (χ0n) is 11.7. The number of carbonyl (C=O) groups excluding carboxylic acids is 1. The Balaban J connectivity index is 2.48. The molecule has 1 unspecified atom stereocenters. The second kappa shape index (κ2) is 5.58. The van der Waals surface area contributed by atoms with E-state index in [9.17, 15) is 4.79 Å². The van der Waals surface area contributed by atoms with Gasteiger partial charge in [-0.1, -0.05) is 11.6 Å². The SMILES string of the molecule is COC(=O)C(C)c1c(C)nn(-c2ccc(Cl)nn2)c1C. The highest BCUT2D eigenvalue weighted by molar-refractivity contribution is 6.29. The van der Waals surface area contributed by atoms with Crippen LogP contribution in [0.15, 0.2) is 12.1 Å². The summed E-state index contributed by atoms with van der Waals surface area (Å²) in [7, 11) is 1.37. The van der Waals surface area contributed by atoms with Gasteiger partial charge >= 0.3 is 5.97 Å². The number of esters is 1. The van der Waals surface area contributed by atoms with Crippen LogP contribution in [0.25, 0.3) is 5.82 Å². The zero-order chi connectivity index (χ0) is 14.9. The molecule has 2 aromatic heterocycles. The average molecular weight is 295 g/mol. The lowest BCUT2D eigenvalue weighted by Gasteiger charge is -2.10. The molecule has 0 fully saturated rings. The van der Waals surface area contributed by atoms with Crippen molar-refractivity contribution in [1.82, 2.24) is 20.0 Å². The lowest BCUT2D eigenvalue weighted by molar-refractivity contribution is -0.142. The highest BCUT2D eigenvalue weighted by Gasteiger charge is 2.24. The van der Waals surface area contributed by atoms with Gasteiger partial charge in [0.2, 0.25) is 0 Å². The fourth-order valence-electron chi connectivity index (χ4n) is 2.22. The first kappa shape index (κ1) is 14.5. The molecule has 7 heteroatoms. The minimum absolute atomic E-state index is 0.294. The number of methoxy groups -OCH3 is 1. The number of aryl methyl sites for hydroxylation is 1. The minimum atomic E-state index is -0.381. The fraction of sp³-hybridized carbons (Fsp3) is 0.385. The predicted molar refractivity (Wildman–Crippen MR) is 74.1 cm³/mol. The first-order valence-corrected chi connectivity index (χ1v) is 6.47. The molecule has 0 saturated carbocycles. The summed E-state index contributed by atoms with van der Waals surface area (Å²) < 4.78 is 6.43. The number of ether oxygens (including phenoxy) is 1. The minimum Gasteiger partial charge on any atom is -0.469 e. The summed E-state index contributed by atoms with van der Waals surface area (Å²) in [5, 5.41) is 12.5. The van der Waals surface area contributed by atoms with Gasteiger partial charge in [-0.15, -0.1) is 10.2 Å². The van der Waals surface area contributed by atoms with E-state index in [-0.39, 0.29) is 11.9 Å². The Kier molecular flexibility index (Phi) is 4.04. The standard InChI is InChI=1S/C13H15ClN4O2/c1-7(13(19)20-4)12-8(2)17-18(9(12)3)11-6-5-10(14)15-16-11/h5-7H,1-4H3. The van der Waals surface area contributed by atoms with Crippen LogP contribution in [0.3, 0.4) is 0 Å². The van der Waals surface area contributed by atoms with Crippen LogP contribution < -0.4 is 0 Å². The first-order valence-electron chi connectivity index (χ1n) is 6.09. The number of carbonyl (C=O) groups is 1. The van der Waals surface area contributed by atoms with Crippen molar-refractivity contribution in [3.05, 3.63) is 34.2 Å². The molecule has 0 N–H and O–H groups in total. The summed E-state index contributed by atoms with van der Waals surface area (Å²) >= 11 is 5.72. The van der Waals surface area contributed by atoms with Gasteiger partial charge in [-0.05, 0) is 32.9 Å². The number of rotatable bonds is 3. The Morgan fingerprint density at radius 1 is 1.35 bits per heavy atom. The summed E-state index contributed by atoms with van der Waals surface area (Å²) in [5.74, 6) is -0.120. The molecule has 20 heavy (non-hydrogen) atoms. The van der Waals surface area contributed by atoms with E-state index in [0.717, 1.165) is 17.0 Å². The van der Waals surface area contributed by atoms with E-state index in [4.69, 9.17) is 16.3 Å². The van der Waals surface area contributed by atoms with Crippen molar-refractivity contribution in [3.63, 3.8) is 0 Å². The number of halogens is 1. The highest BCUT2D eigenvalue weighted by atomic mass is 35.5. The first-order chi connectivity index (χ1) is 9.45. The van der Waals surface area contributed by atoms with Crippen molar-refractivity contribution in [2.75, 3.05) is 7.11 Å². The summed E-state index contributed by atoms with van der Waals surface area (Å²) in [4.78, 5) is 11.7. The largest absolute Gasteiger partial charge is 0.469 e. The molecular weight excluding hydrogens is 280 g/mol. The van der Waals surface area contributed by atoms with Crippen LogP contribution in [-0.4, -0.2) is 33.1 Å². The van der Waals surface area contributed by atoms with Crippen molar-refractivity contribution < 1.29 is 9.53 Å². The maximum absolute atomic E-state index is 11.7. The monoisotopic (exact) mass is 294 g/mol. The summed E-state index contributed by atoms with van der Waals surface area (Å²) in [6.45, 7) is 5.52. The molecule has 0 aliphatic carbocycles. The Hall–Kier alpha value is -1.95. The van der Waals surface area contributed by atoms with E-state index in [1.807, 2.05) is 13.8 Å². The lowest BCUT2D eigenvalue weighted by atomic mass is 9.99. The third kappa shape index (κ3) is 2.51. The van der Waals surface area contributed by atoms with Crippen LogP contribution in [0.2, 0.25) is 5.15 Å². The Bertz CT molecular complexity index is 637. The van der Waals surface area contributed by atoms with Crippen molar-refractivity contribution >= 4 is 17.6 Å². The molecule has 0 amide bonds. The molecule has 0 aliphatic heterocycles. The van der Waals surface area contributed by atoms with Crippen LogP contribution in [-0.2, 0) is 9.53 Å². The quantitative estimate of drug-likeness (QED) is 0.812. The van der Waals surface area contributed by atoms with E-state index in [1.54, 1.807) is 23.7 Å². The van der Waals surface area contributed by atoms with Crippen LogP contribution in [0.4, 0.5) is 0 Å². The Labute approximate surface area is 121 Å². The molecule has 1 atom stereocenters. The van der Waals surface area contributed by atoms with Gasteiger partial charge in [-0.3, -0.25) is 4.79 Å². The van der Waals surface area contributed by atoms with Crippen molar-refractivity contribution in [2.24, 2.45) is 0 Å². The molecule has 0 aromatic carbocycles. The zero-order valence-corrected chi connectivity index (χ0v) is 12.5. The van der Waals surface area contributed by atoms with Gasteiger partial charge in [0.1, 0.15) is 0 Å². The molecule has 0 bridgehead atoms. The molecule has 2 rings (SSSR count). The number of hydrogen-bond donors (Lipinski definition) is 0. The third-order valence-electron chi connectivity index (χ3n) is 3.17. The second-order valence-electron chi connectivity index (χ2n) is 4.46. The van der Waals surface area contributed by atoms with Gasteiger partial charge in [0.05, 0.1) is 18.7 Å². The van der Waals surface area contributed by atoms with Crippen LogP contribution in [0.1, 0.15) is 29.8 Å². The molecule has 0 aliphatic rings. The predicted octanol–water partition coefficient (Wildman–Crippen LogP) is 2.21. The van der Waals surface area contributed by atoms with Gasteiger partial charge in [-0.2, -0.15) is 5.10 Å². The van der Waals surface area contributed by atoms with Crippen molar-refractivity contribution in [1.29, 1.82) is 0 Å². The number of hydrogen-bond acceptors (Lipinski definition) is 5. The highest BCUT2D eigenvalue weighted by Crippen LogP contribution is 2.25. The van der Waals surface area contributed by atoms with Crippen LogP contribution in [0.5, 0.6) is 0 Å². The average Bonchev–Trinajstić information content (AvgIpc) is 2.73. The molecule has 2 aromatic rings. The van der Waals surface area contributed by atoms with Crippen molar-refractivity contribution in [3.8, 4) is 5.82 Å². The van der Waals surface area contributed by atoms with Crippen LogP contribution >= 0.6 is 11.6 Å². The molecule has 106 valence electrons. The van der Waals surface area contributed by atoms with Gasteiger partial charge in [0.25, 0.3) is 0 Å². The van der Waals surface area contributed by atoms with E-state index in [2.05, 4.69) is 15.3 Å². The smallest absolute Gasteiger partial charge is 0.312 e. The summed E-state index contributed by atoms with van der Waals surface area (Å²) in [6.07, 6.45) is 0. The van der Waals surface area contributed by atoms with Crippen molar-refractivity contribution in [2.45, 2.75) is 26.7 Å². The Morgan fingerprint density at radius 3 is 2.60 bits per heavy atom. The molecule has 0 saturated heterocycles. The fourth-order valence-corrected chi connectivity index (χ4v) is 2.32. The molecular formula is C13H15ClN4O2. The normalized spacial score (nSPS) is 12.2. The molecule has 2 heterocycles. The maximum Gasteiger partial charge on any atom is 0.312 e. The van der Waals surface area contributed by atoms with Gasteiger partial charge < -0.3 is 4.74 Å². The van der Waals surface area contributed by atoms with E-state index >= 15 is 0 Å². The molecule has 0 radical (unpaired) electrons. The number of aromatic nitrogens is 4. The Morgan fingerprint density at radius 2 is 2.05 bits per heavy atom. The van der Waals surface area contributed by atoms with E-state index < -0.39 is 0 Å². The summed E-state index contributed by atoms with van der Waals surface area (Å²) in [6, 6.07) is 3.37. The van der Waals surface area contributed by atoms with Gasteiger partial charge in [-0.25, -0.2) is 4.68 Å². The maximum atomic E-state index is 11.7. The topological polar surface area (TPSA) is 69.9 Å². The lowest BCUT2D eigenvalue weighted by Crippen LogP contribution is -2.12. The van der Waals surface area contributed by atoms with Crippen LogP contribution in [0, 0.1) is 13.8 Å². The summed E-state index contributed by atoms with van der Waals surface area (Å²) in [5.41, 5.74) is 2.43. The van der Waals surface area contributed by atoms with Gasteiger partial charge in [0.15, 0.2) is 11.0 Å². The second-order valence-corrected chi connectivity index (χ2v) is 4.84. The van der Waals surface area contributed by atoms with Gasteiger partial charge in [0, 0.05) is 11.3 Å². The molecule has 0 spiro atoms. The molecule has 6 nitrogen and oxygen atoms in total. The number of nitrogens with zero attached hydrogens (tertiary/aromatic N) is 4. The van der Waals surface area contributed by atoms with E-state index in [0.29, 0.717) is 11.0 Å². The third-order valence-corrected chi connectivity index (χ3v) is 3.37. The van der Waals surface area contributed by atoms with E-state index in [1.165, 1.54) is 7.11 Å².